The maximum Gasteiger partial charge on any atom is 0.368 e. The highest BCUT2D eigenvalue weighted by molar-refractivity contribution is 6.04. The van der Waals surface area contributed by atoms with Crippen molar-refractivity contribution in [1.29, 1.82) is 0 Å². The van der Waals surface area contributed by atoms with Crippen LogP contribution in [0.2, 0.25) is 0 Å². The molecule has 1 heterocycles. The van der Waals surface area contributed by atoms with Crippen molar-refractivity contribution in [3.8, 4) is 16.8 Å². The van der Waals surface area contributed by atoms with E-state index in [-0.39, 0.29) is 12.3 Å². The number of aromatic nitrogens is 4. The Kier molecular flexibility index (Phi) is 5.75. The summed E-state index contributed by atoms with van der Waals surface area (Å²) >= 11 is 0. The number of aryl methyl sites for hydroxylation is 2. The normalized spacial score (nSPS) is 11.5. The summed E-state index contributed by atoms with van der Waals surface area (Å²) in [6.07, 6.45) is 0. The van der Waals surface area contributed by atoms with Gasteiger partial charge in [0.1, 0.15) is 6.61 Å². The van der Waals surface area contributed by atoms with Crippen LogP contribution in [0.25, 0.3) is 16.8 Å². The molecular weight excluding hydrogens is 390 g/mol. The fourth-order valence-electron chi connectivity index (χ4n) is 3.45. The van der Waals surface area contributed by atoms with Crippen LogP contribution in [0.5, 0.6) is 0 Å². The molecule has 0 radical (unpaired) electrons. The molecule has 0 bridgehead atoms. The predicted octanol–water partition coefficient (Wildman–Crippen LogP) is 3.88. The summed E-state index contributed by atoms with van der Waals surface area (Å²) in [5, 5.41) is 12.1. The SMILES string of the molecule is CC(=NOCc1c(C)cccc1-n1nnn(C)c1=O)c1ccccc1-c1ccccc1. The minimum Gasteiger partial charge on any atom is -0.391 e. The van der Waals surface area contributed by atoms with Crippen LogP contribution in [0.3, 0.4) is 0 Å². The van der Waals surface area contributed by atoms with E-state index in [0.29, 0.717) is 5.69 Å². The van der Waals surface area contributed by atoms with Crippen LogP contribution >= 0.6 is 0 Å². The largest absolute Gasteiger partial charge is 0.391 e. The van der Waals surface area contributed by atoms with Gasteiger partial charge in [0, 0.05) is 18.2 Å². The minimum absolute atomic E-state index is 0.204. The van der Waals surface area contributed by atoms with Crippen LogP contribution in [0.4, 0.5) is 0 Å². The van der Waals surface area contributed by atoms with Crippen molar-refractivity contribution in [3.05, 3.63) is 100.0 Å². The Balaban J connectivity index is 1.61. The van der Waals surface area contributed by atoms with Gasteiger partial charge < -0.3 is 4.84 Å². The van der Waals surface area contributed by atoms with Crippen molar-refractivity contribution < 1.29 is 4.84 Å². The fraction of sp³-hybridized carbons (Fsp3) is 0.167. The van der Waals surface area contributed by atoms with Gasteiger partial charge in [-0.25, -0.2) is 4.79 Å². The van der Waals surface area contributed by atoms with E-state index in [1.165, 1.54) is 9.36 Å². The van der Waals surface area contributed by atoms with Crippen molar-refractivity contribution in [3.63, 3.8) is 0 Å². The number of oxime groups is 1. The second-order valence-electron chi connectivity index (χ2n) is 7.23. The molecule has 0 atom stereocenters. The highest BCUT2D eigenvalue weighted by Gasteiger charge is 2.14. The molecule has 1 aromatic heterocycles. The number of hydrogen-bond donors (Lipinski definition) is 0. The topological polar surface area (TPSA) is 74.3 Å². The zero-order valence-electron chi connectivity index (χ0n) is 17.7. The summed E-state index contributed by atoms with van der Waals surface area (Å²) in [4.78, 5) is 18.0. The van der Waals surface area contributed by atoms with Crippen molar-refractivity contribution in [2.75, 3.05) is 0 Å². The van der Waals surface area contributed by atoms with E-state index in [9.17, 15) is 4.79 Å². The maximum absolute atomic E-state index is 12.3. The minimum atomic E-state index is -0.316. The Labute approximate surface area is 180 Å². The van der Waals surface area contributed by atoms with E-state index < -0.39 is 0 Å². The monoisotopic (exact) mass is 413 g/mol. The predicted molar refractivity (Wildman–Crippen MR) is 120 cm³/mol. The lowest BCUT2D eigenvalue weighted by Crippen LogP contribution is -2.23. The Morgan fingerprint density at radius 3 is 2.45 bits per heavy atom. The summed E-state index contributed by atoms with van der Waals surface area (Å²) in [6, 6.07) is 23.9. The molecule has 0 saturated heterocycles. The highest BCUT2D eigenvalue weighted by atomic mass is 16.6. The molecule has 4 rings (SSSR count). The standard InChI is InChI=1S/C24H23N5O2/c1-17-10-9-15-23(29-24(30)28(3)26-27-29)22(17)16-31-25-18(2)20-13-7-8-14-21(20)19-11-5-4-6-12-19/h4-15H,16H2,1-3H3. The first kappa shape index (κ1) is 20.3. The highest BCUT2D eigenvalue weighted by Crippen LogP contribution is 2.24. The second-order valence-corrected chi connectivity index (χ2v) is 7.23. The Hall–Kier alpha value is -4.00. The lowest BCUT2D eigenvalue weighted by atomic mass is 9.97. The molecule has 0 aliphatic heterocycles. The van der Waals surface area contributed by atoms with Gasteiger partial charge in [0.05, 0.1) is 11.4 Å². The van der Waals surface area contributed by atoms with Gasteiger partial charge >= 0.3 is 5.69 Å². The Morgan fingerprint density at radius 1 is 0.968 bits per heavy atom. The molecule has 3 aromatic carbocycles. The molecule has 0 fully saturated rings. The smallest absolute Gasteiger partial charge is 0.368 e. The van der Waals surface area contributed by atoms with Gasteiger partial charge in [-0.05, 0) is 47.0 Å². The van der Waals surface area contributed by atoms with Crippen molar-refractivity contribution in [2.24, 2.45) is 12.2 Å². The molecule has 4 aromatic rings. The van der Waals surface area contributed by atoms with Crippen LogP contribution in [0, 0.1) is 6.92 Å². The molecular formula is C24H23N5O2. The summed E-state index contributed by atoms with van der Waals surface area (Å²) in [5.74, 6) is 0. The van der Waals surface area contributed by atoms with Crippen LogP contribution < -0.4 is 5.69 Å². The molecule has 0 aliphatic carbocycles. The molecule has 0 amide bonds. The van der Waals surface area contributed by atoms with Gasteiger partial charge in [-0.2, -0.15) is 9.36 Å². The third-order valence-corrected chi connectivity index (χ3v) is 5.15. The van der Waals surface area contributed by atoms with Gasteiger partial charge in [-0.3, -0.25) is 0 Å². The number of hydrogen-bond acceptors (Lipinski definition) is 5. The van der Waals surface area contributed by atoms with Crippen LogP contribution in [-0.2, 0) is 18.5 Å². The molecule has 0 spiro atoms. The molecule has 7 heteroatoms. The lowest BCUT2D eigenvalue weighted by molar-refractivity contribution is 0.130. The Bertz CT molecular complexity index is 1290. The summed E-state index contributed by atoms with van der Waals surface area (Å²) in [5.41, 5.74) is 6.12. The molecule has 0 N–H and O–H groups in total. The first-order valence-electron chi connectivity index (χ1n) is 9.95. The van der Waals surface area contributed by atoms with Crippen molar-refractivity contribution >= 4 is 5.71 Å². The zero-order chi connectivity index (χ0) is 21.8. The van der Waals surface area contributed by atoms with E-state index in [0.717, 1.165) is 33.5 Å². The number of nitrogens with zero attached hydrogens (tertiary/aromatic N) is 5. The fourth-order valence-corrected chi connectivity index (χ4v) is 3.45. The van der Waals surface area contributed by atoms with Gasteiger partial charge in [0.15, 0.2) is 0 Å². The average molecular weight is 413 g/mol. The van der Waals surface area contributed by atoms with Crippen LogP contribution in [-0.4, -0.2) is 25.5 Å². The van der Waals surface area contributed by atoms with Crippen LogP contribution in [0.15, 0.2) is 82.7 Å². The third kappa shape index (κ3) is 4.16. The first-order chi connectivity index (χ1) is 15.1. The first-order valence-corrected chi connectivity index (χ1v) is 9.95. The van der Waals surface area contributed by atoms with E-state index in [1.54, 1.807) is 7.05 Å². The van der Waals surface area contributed by atoms with E-state index in [4.69, 9.17) is 4.84 Å². The van der Waals surface area contributed by atoms with Crippen molar-refractivity contribution in [1.82, 2.24) is 19.8 Å². The molecule has 7 nitrogen and oxygen atoms in total. The van der Waals surface area contributed by atoms with Gasteiger partial charge in [0.2, 0.25) is 0 Å². The third-order valence-electron chi connectivity index (χ3n) is 5.15. The number of tetrazole rings is 1. The summed E-state index contributed by atoms with van der Waals surface area (Å²) in [6.45, 7) is 4.09. The molecule has 0 saturated carbocycles. The quantitative estimate of drug-likeness (QED) is 0.355. The van der Waals surface area contributed by atoms with Gasteiger partial charge in [0.25, 0.3) is 0 Å². The van der Waals surface area contributed by atoms with E-state index in [1.807, 2.05) is 68.4 Å². The molecule has 156 valence electrons. The summed E-state index contributed by atoms with van der Waals surface area (Å²) < 4.78 is 2.46. The van der Waals surface area contributed by atoms with E-state index >= 15 is 0 Å². The Morgan fingerprint density at radius 2 is 1.71 bits per heavy atom. The molecule has 0 aliphatic rings. The van der Waals surface area contributed by atoms with Gasteiger partial charge in [-0.15, -0.1) is 0 Å². The van der Waals surface area contributed by atoms with Gasteiger partial charge in [-0.1, -0.05) is 71.9 Å². The summed E-state index contributed by atoms with van der Waals surface area (Å²) in [7, 11) is 1.57. The van der Waals surface area contributed by atoms with Crippen LogP contribution in [0.1, 0.15) is 23.6 Å². The molecule has 31 heavy (non-hydrogen) atoms. The lowest BCUT2D eigenvalue weighted by Gasteiger charge is -2.12. The average Bonchev–Trinajstić information content (AvgIpc) is 3.13. The number of rotatable bonds is 6. The van der Waals surface area contributed by atoms with Crippen molar-refractivity contribution in [2.45, 2.75) is 20.5 Å². The number of benzene rings is 3. The maximum atomic E-state index is 12.3. The second kappa shape index (κ2) is 8.79. The zero-order valence-corrected chi connectivity index (χ0v) is 17.7. The van der Waals surface area contributed by atoms with E-state index in [2.05, 4.69) is 33.8 Å². The molecule has 0 unspecified atom stereocenters.